The number of thiazole rings is 1. The second-order valence-electron chi connectivity index (χ2n) is 6.62. The molecule has 1 amide bonds. The molecular formula is C19H26Cl2FN3OS. The normalized spacial score (nSPS) is 16.4. The van der Waals surface area contributed by atoms with E-state index in [0.717, 1.165) is 42.3 Å². The summed E-state index contributed by atoms with van der Waals surface area (Å²) in [6.07, 6.45) is 3.30. The first kappa shape index (κ1) is 23.8. The van der Waals surface area contributed by atoms with Gasteiger partial charge >= 0.3 is 0 Å². The van der Waals surface area contributed by atoms with Gasteiger partial charge in [-0.3, -0.25) is 4.79 Å². The van der Waals surface area contributed by atoms with Gasteiger partial charge in [0, 0.05) is 24.9 Å². The van der Waals surface area contributed by atoms with E-state index in [2.05, 4.69) is 10.3 Å². The average molecular weight is 434 g/mol. The molecule has 0 aliphatic carbocycles. The van der Waals surface area contributed by atoms with Gasteiger partial charge in [0.2, 0.25) is 5.91 Å². The predicted molar refractivity (Wildman–Crippen MR) is 113 cm³/mol. The van der Waals surface area contributed by atoms with Crippen molar-refractivity contribution in [2.24, 2.45) is 5.92 Å². The van der Waals surface area contributed by atoms with Crippen molar-refractivity contribution in [3.8, 4) is 0 Å². The van der Waals surface area contributed by atoms with E-state index in [9.17, 15) is 9.18 Å². The Morgan fingerprint density at radius 2 is 2.07 bits per heavy atom. The molecule has 1 aliphatic heterocycles. The number of aromatic nitrogens is 1. The molecule has 1 saturated heterocycles. The Labute approximate surface area is 176 Å². The summed E-state index contributed by atoms with van der Waals surface area (Å²) >= 11 is 1.56. The number of rotatable bonds is 6. The van der Waals surface area contributed by atoms with Crippen LogP contribution in [0.4, 0.5) is 4.39 Å². The van der Waals surface area contributed by atoms with E-state index in [1.165, 1.54) is 18.6 Å². The third kappa shape index (κ3) is 7.03. The van der Waals surface area contributed by atoms with Gasteiger partial charge in [-0.1, -0.05) is 12.1 Å². The molecular weight excluding hydrogens is 408 g/mol. The molecule has 1 N–H and O–H groups in total. The van der Waals surface area contributed by atoms with E-state index in [1.807, 2.05) is 17.3 Å². The van der Waals surface area contributed by atoms with Gasteiger partial charge in [-0.15, -0.1) is 36.2 Å². The van der Waals surface area contributed by atoms with Crippen LogP contribution < -0.4 is 5.32 Å². The number of piperidine rings is 1. The summed E-state index contributed by atoms with van der Waals surface area (Å²) in [6.45, 7) is 2.65. The van der Waals surface area contributed by atoms with Gasteiger partial charge in [-0.2, -0.15) is 0 Å². The molecule has 0 bridgehead atoms. The van der Waals surface area contributed by atoms with E-state index in [4.69, 9.17) is 0 Å². The van der Waals surface area contributed by atoms with E-state index in [-0.39, 0.29) is 36.5 Å². The molecule has 8 heteroatoms. The van der Waals surface area contributed by atoms with Crippen molar-refractivity contribution in [1.29, 1.82) is 0 Å². The molecule has 1 aliphatic rings. The third-order valence-electron chi connectivity index (χ3n) is 4.56. The summed E-state index contributed by atoms with van der Waals surface area (Å²) in [5.41, 5.74) is 1.86. The minimum atomic E-state index is -0.229. The van der Waals surface area contributed by atoms with Crippen LogP contribution in [0.2, 0.25) is 0 Å². The van der Waals surface area contributed by atoms with Gasteiger partial charge < -0.3 is 10.2 Å². The molecule has 1 aromatic heterocycles. The first-order chi connectivity index (χ1) is 12.1. The number of nitrogens with zero attached hydrogens (tertiary/aromatic N) is 2. The Morgan fingerprint density at radius 3 is 2.78 bits per heavy atom. The fourth-order valence-electron chi connectivity index (χ4n) is 3.30. The number of hydrogen-bond acceptors (Lipinski definition) is 4. The molecule has 3 rings (SSSR count). The minimum Gasteiger partial charge on any atom is -0.342 e. The molecule has 1 fully saturated rings. The number of carbonyl (C=O) groups excluding carboxylic acids is 1. The lowest BCUT2D eigenvalue weighted by Crippen LogP contribution is -2.43. The van der Waals surface area contributed by atoms with Crippen molar-refractivity contribution < 1.29 is 9.18 Å². The summed E-state index contributed by atoms with van der Waals surface area (Å²) in [5, 5.41) is 6.13. The lowest BCUT2D eigenvalue weighted by molar-refractivity contribution is -0.132. The van der Waals surface area contributed by atoms with Crippen LogP contribution in [-0.2, 0) is 17.6 Å². The van der Waals surface area contributed by atoms with Crippen LogP contribution in [0.15, 0.2) is 29.6 Å². The topological polar surface area (TPSA) is 45.2 Å². The third-order valence-corrected chi connectivity index (χ3v) is 5.46. The molecule has 4 nitrogen and oxygen atoms in total. The van der Waals surface area contributed by atoms with Gasteiger partial charge in [0.15, 0.2) is 0 Å². The number of nitrogens with one attached hydrogen (secondary N) is 1. The zero-order valence-corrected chi connectivity index (χ0v) is 17.8. The summed E-state index contributed by atoms with van der Waals surface area (Å²) in [7, 11) is 1.96. The molecule has 2 heterocycles. The van der Waals surface area contributed by atoms with Crippen molar-refractivity contribution in [3.63, 3.8) is 0 Å². The first-order valence-electron chi connectivity index (χ1n) is 8.74. The summed E-state index contributed by atoms with van der Waals surface area (Å²) in [4.78, 5) is 19.1. The number of carbonyl (C=O) groups is 1. The standard InChI is InChI=1S/C19H24FN3OS.2ClH/c1-21-11-15-3-2-8-23(12-15)19(24)10-17-13-25-18(22-17)9-14-4-6-16(20)7-5-14;;/h4-7,13,15,21H,2-3,8-12H2,1H3;2*1H. The maximum atomic E-state index is 13.0. The van der Waals surface area contributed by atoms with Crippen LogP contribution in [0.25, 0.3) is 0 Å². The highest BCUT2D eigenvalue weighted by Gasteiger charge is 2.23. The summed E-state index contributed by atoms with van der Waals surface area (Å²) in [6, 6.07) is 6.48. The largest absolute Gasteiger partial charge is 0.342 e. The molecule has 0 spiro atoms. The lowest BCUT2D eigenvalue weighted by Gasteiger charge is -2.32. The molecule has 150 valence electrons. The van der Waals surface area contributed by atoms with E-state index >= 15 is 0 Å². The van der Waals surface area contributed by atoms with Crippen LogP contribution in [-0.4, -0.2) is 42.5 Å². The quantitative estimate of drug-likeness (QED) is 0.754. The first-order valence-corrected chi connectivity index (χ1v) is 9.62. The molecule has 0 saturated carbocycles. The Kier molecular flexibility index (Phi) is 10.2. The monoisotopic (exact) mass is 433 g/mol. The maximum absolute atomic E-state index is 13.0. The van der Waals surface area contributed by atoms with Gasteiger partial charge in [0.05, 0.1) is 17.1 Å². The highest BCUT2D eigenvalue weighted by Crippen LogP contribution is 2.19. The van der Waals surface area contributed by atoms with Crippen LogP contribution in [0.3, 0.4) is 0 Å². The van der Waals surface area contributed by atoms with Crippen molar-refractivity contribution in [2.75, 3.05) is 26.7 Å². The zero-order valence-electron chi connectivity index (χ0n) is 15.3. The van der Waals surface area contributed by atoms with Crippen molar-refractivity contribution >= 4 is 42.1 Å². The fraction of sp³-hybridized carbons (Fsp3) is 0.474. The number of hydrogen-bond donors (Lipinski definition) is 1. The van der Waals surface area contributed by atoms with Crippen LogP contribution >= 0.6 is 36.2 Å². The smallest absolute Gasteiger partial charge is 0.228 e. The summed E-state index contributed by atoms with van der Waals surface area (Å²) < 4.78 is 13.0. The fourth-order valence-corrected chi connectivity index (χ4v) is 4.13. The lowest BCUT2D eigenvalue weighted by atomic mass is 9.97. The Morgan fingerprint density at radius 1 is 1.33 bits per heavy atom. The molecule has 1 aromatic carbocycles. The second-order valence-corrected chi connectivity index (χ2v) is 7.56. The zero-order chi connectivity index (χ0) is 17.6. The number of likely N-dealkylation sites (tertiary alicyclic amines) is 1. The SMILES string of the molecule is CNCC1CCCN(C(=O)Cc2csc(Cc3ccc(F)cc3)n2)C1.Cl.Cl. The van der Waals surface area contributed by atoms with Crippen LogP contribution in [0, 0.1) is 11.7 Å². The number of amides is 1. The molecule has 27 heavy (non-hydrogen) atoms. The predicted octanol–water partition coefficient (Wildman–Crippen LogP) is 3.72. The van der Waals surface area contributed by atoms with Gasteiger partial charge in [0.25, 0.3) is 0 Å². The highest BCUT2D eigenvalue weighted by molar-refractivity contribution is 7.09. The Hall–Kier alpha value is -1.21. The van der Waals surface area contributed by atoms with Crippen molar-refractivity contribution in [3.05, 3.63) is 51.7 Å². The van der Waals surface area contributed by atoms with Crippen molar-refractivity contribution in [2.45, 2.75) is 25.7 Å². The minimum absolute atomic E-state index is 0. The maximum Gasteiger partial charge on any atom is 0.228 e. The van der Waals surface area contributed by atoms with E-state index < -0.39 is 0 Å². The molecule has 1 atom stereocenters. The Balaban J connectivity index is 0.00000182. The van der Waals surface area contributed by atoms with Crippen molar-refractivity contribution in [1.82, 2.24) is 15.2 Å². The van der Waals surface area contributed by atoms with Gasteiger partial charge in [-0.25, -0.2) is 9.37 Å². The van der Waals surface area contributed by atoms with Crippen LogP contribution in [0.1, 0.15) is 29.1 Å². The second kappa shape index (κ2) is 11.6. The van der Waals surface area contributed by atoms with Gasteiger partial charge in [0.1, 0.15) is 5.82 Å². The average Bonchev–Trinajstić information content (AvgIpc) is 3.04. The molecule has 1 unspecified atom stereocenters. The van der Waals surface area contributed by atoms with E-state index in [0.29, 0.717) is 18.8 Å². The summed E-state index contributed by atoms with van der Waals surface area (Å²) in [5.74, 6) is 0.485. The van der Waals surface area contributed by atoms with Crippen LogP contribution in [0.5, 0.6) is 0 Å². The molecule has 0 radical (unpaired) electrons. The highest BCUT2D eigenvalue weighted by atomic mass is 35.5. The molecule has 2 aromatic rings. The van der Waals surface area contributed by atoms with Gasteiger partial charge in [-0.05, 0) is 50.0 Å². The number of halogens is 3. The Bertz CT molecular complexity index is 709. The number of benzene rings is 1. The van der Waals surface area contributed by atoms with E-state index in [1.54, 1.807) is 23.5 Å².